The lowest BCUT2D eigenvalue weighted by molar-refractivity contribution is 0.111. The number of rotatable bonds is 1. The van der Waals surface area contributed by atoms with Crippen LogP contribution >= 0.6 is 0 Å². The van der Waals surface area contributed by atoms with Gasteiger partial charge in [0.05, 0.1) is 0 Å². The maximum atomic E-state index is 10.6. The summed E-state index contributed by atoms with van der Waals surface area (Å²) in [7, 11) is 0. The molecule has 4 heteroatoms. The number of H-pyrrole nitrogens is 1. The normalized spacial score (nSPS) is 9.30. The zero-order chi connectivity index (χ0) is 7.56. The third-order valence-corrected chi connectivity index (χ3v) is 1.00. The van der Waals surface area contributed by atoms with Gasteiger partial charge < -0.3 is 4.98 Å². The molecule has 0 fully saturated rings. The van der Waals surface area contributed by atoms with Crippen molar-refractivity contribution in [3.8, 4) is 0 Å². The average molecular weight is 138 g/mol. The molecule has 1 aromatic rings. The van der Waals surface area contributed by atoms with Gasteiger partial charge in [-0.05, 0) is 6.92 Å². The van der Waals surface area contributed by atoms with Crippen LogP contribution in [0.25, 0.3) is 0 Å². The highest BCUT2D eigenvalue weighted by atomic mass is 16.1. The summed E-state index contributed by atoms with van der Waals surface area (Å²) >= 11 is 0. The van der Waals surface area contributed by atoms with Crippen molar-refractivity contribution >= 4 is 6.29 Å². The molecule has 10 heavy (non-hydrogen) atoms. The van der Waals surface area contributed by atoms with E-state index in [9.17, 15) is 9.59 Å². The number of aldehydes is 1. The molecule has 0 bridgehead atoms. The molecule has 1 aromatic heterocycles. The molecule has 1 N–H and O–H groups in total. The van der Waals surface area contributed by atoms with E-state index in [1.807, 2.05) is 0 Å². The number of hydrogen-bond acceptors (Lipinski definition) is 3. The van der Waals surface area contributed by atoms with Gasteiger partial charge in [0.1, 0.15) is 11.5 Å². The van der Waals surface area contributed by atoms with Crippen LogP contribution in [-0.4, -0.2) is 16.3 Å². The van der Waals surface area contributed by atoms with Gasteiger partial charge in [-0.15, -0.1) is 0 Å². The summed E-state index contributed by atoms with van der Waals surface area (Å²) in [5.41, 5.74) is -0.129. The molecule has 0 aliphatic rings. The molecule has 0 aliphatic heterocycles. The molecular formula is C6H6N2O2. The predicted octanol–water partition coefficient (Wildman–Crippen LogP) is -0.109. The van der Waals surface area contributed by atoms with E-state index in [0.29, 0.717) is 12.1 Å². The lowest BCUT2D eigenvalue weighted by Gasteiger charge is -1.90. The van der Waals surface area contributed by atoms with Gasteiger partial charge in [0.25, 0.3) is 5.56 Å². The minimum Gasteiger partial charge on any atom is -0.311 e. The van der Waals surface area contributed by atoms with Gasteiger partial charge in [-0.3, -0.25) is 9.59 Å². The standard InChI is InChI=1S/C6H6N2O2/c1-4-7-5(3-9)2-6(10)8-4/h2-3H,1H3,(H,7,8,10). The quantitative estimate of drug-likeness (QED) is 0.551. The highest BCUT2D eigenvalue weighted by Crippen LogP contribution is 1.83. The van der Waals surface area contributed by atoms with E-state index >= 15 is 0 Å². The summed E-state index contributed by atoms with van der Waals surface area (Å²) in [4.78, 5) is 26.9. The van der Waals surface area contributed by atoms with Gasteiger partial charge in [0, 0.05) is 6.07 Å². The zero-order valence-corrected chi connectivity index (χ0v) is 5.42. The van der Waals surface area contributed by atoms with Crippen molar-refractivity contribution < 1.29 is 4.79 Å². The Morgan fingerprint density at radius 1 is 1.70 bits per heavy atom. The van der Waals surface area contributed by atoms with E-state index in [-0.39, 0.29) is 11.3 Å². The molecule has 0 amide bonds. The van der Waals surface area contributed by atoms with E-state index in [1.54, 1.807) is 6.92 Å². The summed E-state index contributed by atoms with van der Waals surface area (Å²) in [6, 6.07) is 1.15. The number of hydrogen-bond donors (Lipinski definition) is 1. The van der Waals surface area contributed by atoms with Crippen LogP contribution in [0.15, 0.2) is 10.9 Å². The van der Waals surface area contributed by atoms with Crippen molar-refractivity contribution in [1.82, 2.24) is 9.97 Å². The van der Waals surface area contributed by atoms with Gasteiger partial charge in [0.2, 0.25) is 0 Å². The minimum atomic E-state index is -0.297. The highest BCUT2D eigenvalue weighted by Gasteiger charge is 1.93. The molecule has 52 valence electrons. The first-order valence-corrected chi connectivity index (χ1v) is 2.75. The molecule has 0 saturated carbocycles. The summed E-state index contributed by atoms with van der Waals surface area (Å²) in [5.74, 6) is 0.453. The van der Waals surface area contributed by atoms with Crippen molar-refractivity contribution in [2.75, 3.05) is 0 Å². The average Bonchev–Trinajstić information content (AvgIpc) is 1.85. The first-order valence-electron chi connectivity index (χ1n) is 2.75. The molecular weight excluding hydrogens is 132 g/mol. The summed E-state index contributed by atoms with van der Waals surface area (Å²) in [6.45, 7) is 1.62. The van der Waals surface area contributed by atoms with Crippen LogP contribution < -0.4 is 5.56 Å². The number of nitrogens with one attached hydrogen (secondary N) is 1. The molecule has 0 saturated heterocycles. The Morgan fingerprint density at radius 3 is 2.90 bits per heavy atom. The largest absolute Gasteiger partial charge is 0.311 e. The van der Waals surface area contributed by atoms with Crippen LogP contribution in [0.4, 0.5) is 0 Å². The molecule has 1 heterocycles. The van der Waals surface area contributed by atoms with Crippen LogP contribution in [0.1, 0.15) is 16.3 Å². The van der Waals surface area contributed by atoms with Gasteiger partial charge >= 0.3 is 0 Å². The number of aromatic amines is 1. The first-order chi connectivity index (χ1) is 4.72. The second kappa shape index (κ2) is 2.43. The molecule has 0 radical (unpaired) electrons. The fourth-order valence-corrected chi connectivity index (χ4v) is 0.663. The van der Waals surface area contributed by atoms with Crippen molar-refractivity contribution in [1.29, 1.82) is 0 Å². The number of aryl methyl sites for hydroxylation is 1. The second-order valence-corrected chi connectivity index (χ2v) is 1.87. The molecule has 0 atom stereocenters. The maximum absolute atomic E-state index is 10.6. The topological polar surface area (TPSA) is 62.8 Å². The van der Waals surface area contributed by atoms with E-state index in [4.69, 9.17) is 0 Å². The Bertz CT molecular complexity index is 303. The molecule has 0 aliphatic carbocycles. The Labute approximate surface area is 56.9 Å². The van der Waals surface area contributed by atoms with Crippen LogP contribution in [-0.2, 0) is 0 Å². The van der Waals surface area contributed by atoms with Crippen LogP contribution in [0, 0.1) is 6.92 Å². The second-order valence-electron chi connectivity index (χ2n) is 1.87. The maximum Gasteiger partial charge on any atom is 0.251 e. The van der Waals surface area contributed by atoms with E-state index in [1.165, 1.54) is 0 Å². The van der Waals surface area contributed by atoms with Crippen molar-refractivity contribution in [2.24, 2.45) is 0 Å². The van der Waals surface area contributed by atoms with Gasteiger partial charge in [-0.2, -0.15) is 0 Å². The highest BCUT2D eigenvalue weighted by molar-refractivity contribution is 5.71. The van der Waals surface area contributed by atoms with Gasteiger partial charge in [0.15, 0.2) is 6.29 Å². The van der Waals surface area contributed by atoms with Crippen molar-refractivity contribution in [3.63, 3.8) is 0 Å². The fraction of sp³-hybridized carbons (Fsp3) is 0.167. The van der Waals surface area contributed by atoms with Crippen LogP contribution in [0.3, 0.4) is 0 Å². The van der Waals surface area contributed by atoms with Gasteiger partial charge in [-0.1, -0.05) is 0 Å². The van der Waals surface area contributed by atoms with Crippen LogP contribution in [0.5, 0.6) is 0 Å². The van der Waals surface area contributed by atoms with E-state index in [0.717, 1.165) is 6.07 Å². The molecule has 0 unspecified atom stereocenters. The Hall–Kier alpha value is -1.45. The van der Waals surface area contributed by atoms with Crippen molar-refractivity contribution in [3.05, 3.63) is 27.9 Å². The van der Waals surface area contributed by atoms with E-state index < -0.39 is 0 Å². The molecule has 4 nitrogen and oxygen atoms in total. The predicted molar refractivity (Wildman–Crippen MR) is 35.0 cm³/mol. The number of nitrogens with zero attached hydrogens (tertiary/aromatic N) is 1. The third kappa shape index (κ3) is 1.28. The lowest BCUT2D eigenvalue weighted by Crippen LogP contribution is -2.09. The SMILES string of the molecule is Cc1nc(C=O)cc(=O)[nH]1. The Balaban J connectivity index is 3.32. The summed E-state index contributed by atoms with van der Waals surface area (Å²) in [5, 5.41) is 0. The third-order valence-electron chi connectivity index (χ3n) is 1.00. The van der Waals surface area contributed by atoms with Crippen LogP contribution in [0.2, 0.25) is 0 Å². The fourth-order valence-electron chi connectivity index (χ4n) is 0.663. The Morgan fingerprint density at radius 2 is 2.40 bits per heavy atom. The number of aromatic nitrogens is 2. The minimum absolute atomic E-state index is 0.168. The monoisotopic (exact) mass is 138 g/mol. The number of carbonyl (C=O) groups is 1. The molecule has 0 spiro atoms. The molecule has 0 aromatic carbocycles. The smallest absolute Gasteiger partial charge is 0.251 e. The van der Waals surface area contributed by atoms with E-state index in [2.05, 4.69) is 9.97 Å². The van der Waals surface area contributed by atoms with Crippen molar-refractivity contribution in [2.45, 2.75) is 6.92 Å². The Kier molecular flexibility index (Phi) is 1.62. The number of carbonyl (C=O) groups excluding carboxylic acids is 1. The summed E-state index contributed by atoms with van der Waals surface area (Å²) < 4.78 is 0. The molecule has 1 rings (SSSR count). The van der Waals surface area contributed by atoms with Gasteiger partial charge in [-0.25, -0.2) is 4.98 Å². The summed E-state index contributed by atoms with van der Waals surface area (Å²) in [6.07, 6.45) is 0.544. The first kappa shape index (κ1) is 6.67. The zero-order valence-electron chi connectivity index (χ0n) is 5.42. The lowest BCUT2D eigenvalue weighted by atomic mass is 10.4.